The molecule has 2 aromatic rings. The molecule has 0 saturated carbocycles. The molecule has 188 valence electrons. The Morgan fingerprint density at radius 1 is 1.23 bits per heavy atom. The Morgan fingerprint density at radius 3 is 2.54 bits per heavy atom. The van der Waals surface area contributed by atoms with Crippen LogP contribution in [0.4, 0.5) is 23.3 Å². The van der Waals surface area contributed by atoms with E-state index >= 15 is 0 Å². The fourth-order valence-electron chi connectivity index (χ4n) is 3.41. The average Bonchev–Trinajstić information content (AvgIpc) is 2.83. The van der Waals surface area contributed by atoms with Gasteiger partial charge in [0.2, 0.25) is 5.95 Å². The maximum Gasteiger partial charge on any atom is 0.337 e. The van der Waals surface area contributed by atoms with Crippen molar-refractivity contribution in [2.24, 2.45) is 0 Å². The first-order chi connectivity index (χ1) is 16.4. The molecule has 0 fully saturated rings. The molecule has 1 aromatic heterocycles. The molecule has 0 bridgehead atoms. The zero-order valence-corrected chi connectivity index (χ0v) is 21.6. The van der Waals surface area contributed by atoms with E-state index in [4.69, 9.17) is 26.8 Å². The van der Waals surface area contributed by atoms with Crippen LogP contribution in [0.2, 0.25) is 5.02 Å². The zero-order chi connectivity index (χ0) is 26.0. The highest BCUT2D eigenvalue weighted by molar-refractivity contribution is 7.92. The van der Waals surface area contributed by atoms with Crippen molar-refractivity contribution in [3.8, 4) is 0 Å². The van der Waals surface area contributed by atoms with Gasteiger partial charge in [-0.25, -0.2) is 13.2 Å². The van der Waals surface area contributed by atoms with Crippen molar-refractivity contribution in [2.75, 3.05) is 30.6 Å². The molecule has 35 heavy (non-hydrogen) atoms. The van der Waals surface area contributed by atoms with Gasteiger partial charge in [0.15, 0.2) is 15.7 Å². The molecule has 0 amide bonds. The summed E-state index contributed by atoms with van der Waals surface area (Å²) in [5, 5.41) is 5.52. The summed E-state index contributed by atoms with van der Waals surface area (Å²) in [6, 6.07) is 5.98. The molecule has 0 aliphatic heterocycles. The van der Waals surface area contributed by atoms with Crippen molar-refractivity contribution < 1.29 is 22.7 Å². The summed E-state index contributed by atoms with van der Waals surface area (Å²) in [5.41, 5.74) is 5.73. The smallest absolute Gasteiger partial charge is 0.337 e. The molecule has 0 radical (unpaired) electrons. The highest BCUT2D eigenvalue weighted by atomic mass is 35.5. The molecule has 12 heteroatoms. The first kappa shape index (κ1) is 26.5. The third kappa shape index (κ3) is 5.42. The van der Waals surface area contributed by atoms with Gasteiger partial charge in [-0.3, -0.25) is 0 Å². The van der Waals surface area contributed by atoms with E-state index in [-0.39, 0.29) is 27.5 Å². The highest BCUT2D eigenvalue weighted by Gasteiger charge is 2.35. The lowest BCUT2D eigenvalue weighted by Gasteiger charge is -2.35. The molecule has 2 unspecified atom stereocenters. The number of nitrogen functional groups attached to an aromatic ring is 1. The van der Waals surface area contributed by atoms with Crippen molar-refractivity contribution >= 4 is 50.7 Å². The molecule has 10 nitrogen and oxygen atoms in total. The summed E-state index contributed by atoms with van der Waals surface area (Å²) < 4.78 is 36.1. The Labute approximate surface area is 209 Å². The van der Waals surface area contributed by atoms with Crippen LogP contribution in [0.1, 0.15) is 20.8 Å². The van der Waals surface area contributed by atoms with Crippen LogP contribution >= 0.6 is 11.6 Å². The normalized spacial score (nSPS) is 19.9. The monoisotopic (exact) mass is 521 g/mol. The van der Waals surface area contributed by atoms with Gasteiger partial charge in [-0.1, -0.05) is 29.8 Å². The number of para-hydroxylation sites is 1. The molecule has 4 N–H and O–H groups in total. The van der Waals surface area contributed by atoms with Crippen LogP contribution in [0, 0.1) is 0 Å². The van der Waals surface area contributed by atoms with E-state index in [1.807, 2.05) is 0 Å². The largest absolute Gasteiger partial charge is 0.465 e. The lowest BCUT2D eigenvalue weighted by molar-refractivity contribution is -0.135. The number of carbonyl (C=O) groups is 1. The standard InChI is InChI=1S/C23H28ClN5O5S/c1-13(2)35(31,32)16-9-7-6-8-15(16)26-20-18(24)19(25)28-22(29-20)27-17-11-10-14(21(30)33-4)12-23(17,3)34-5/h6-13,17H,1-5H3,(H4,25,26,27,28,29). The van der Waals surface area contributed by atoms with Crippen LogP contribution < -0.4 is 16.4 Å². The second-order valence-corrected chi connectivity index (χ2v) is 11.1. The number of sulfone groups is 1. The number of hydrogen-bond acceptors (Lipinski definition) is 10. The minimum Gasteiger partial charge on any atom is -0.465 e. The number of nitrogens with zero attached hydrogens (tertiary/aromatic N) is 2. The van der Waals surface area contributed by atoms with E-state index in [2.05, 4.69) is 20.6 Å². The number of halogens is 1. The molecule has 0 spiro atoms. The summed E-state index contributed by atoms with van der Waals surface area (Å²) in [6.07, 6.45) is 4.97. The number of ether oxygens (including phenoxy) is 2. The molecule has 0 saturated heterocycles. The Morgan fingerprint density at radius 2 is 1.91 bits per heavy atom. The van der Waals surface area contributed by atoms with Crippen molar-refractivity contribution in [1.29, 1.82) is 0 Å². The van der Waals surface area contributed by atoms with E-state index in [9.17, 15) is 13.2 Å². The third-order valence-corrected chi connectivity index (χ3v) is 8.20. The fourth-order valence-corrected chi connectivity index (χ4v) is 4.74. The Kier molecular flexibility index (Phi) is 7.73. The Hall–Kier alpha value is -3.15. The predicted octanol–water partition coefficient (Wildman–Crippen LogP) is 3.49. The molecule has 2 atom stereocenters. The second-order valence-electron chi connectivity index (χ2n) is 8.27. The zero-order valence-electron chi connectivity index (χ0n) is 20.0. The topological polar surface area (TPSA) is 146 Å². The van der Waals surface area contributed by atoms with Crippen LogP contribution in [0.5, 0.6) is 0 Å². The number of aromatic nitrogens is 2. The SMILES string of the molecule is COC(=O)C1=CC(C)(OC)C(Nc2nc(N)c(Cl)c(Nc3ccccc3S(=O)(=O)C(C)C)n2)C=C1. The molecule has 1 aromatic carbocycles. The molecule has 1 heterocycles. The summed E-state index contributed by atoms with van der Waals surface area (Å²) >= 11 is 6.35. The number of nitrogens with two attached hydrogens (primary N) is 1. The number of anilines is 4. The number of hydrogen-bond donors (Lipinski definition) is 3. The van der Waals surface area contributed by atoms with Gasteiger partial charge in [-0.15, -0.1) is 0 Å². The van der Waals surface area contributed by atoms with E-state index < -0.39 is 32.7 Å². The van der Waals surface area contributed by atoms with E-state index in [1.165, 1.54) is 20.3 Å². The van der Waals surface area contributed by atoms with Crippen LogP contribution in [0.3, 0.4) is 0 Å². The molecule has 3 rings (SSSR count). The van der Waals surface area contributed by atoms with Gasteiger partial charge < -0.3 is 25.8 Å². The minimum atomic E-state index is -3.58. The summed E-state index contributed by atoms with van der Waals surface area (Å²) in [5.74, 6) is -0.263. The summed E-state index contributed by atoms with van der Waals surface area (Å²) in [7, 11) is -0.773. The fraction of sp³-hybridized carbons (Fsp3) is 0.348. The van der Waals surface area contributed by atoms with Gasteiger partial charge in [-0.05, 0) is 45.1 Å². The molecular formula is C23H28ClN5O5S. The molecular weight excluding hydrogens is 494 g/mol. The number of rotatable bonds is 8. The van der Waals surface area contributed by atoms with Gasteiger partial charge >= 0.3 is 5.97 Å². The lowest BCUT2D eigenvalue weighted by atomic mass is 9.88. The average molecular weight is 522 g/mol. The second kappa shape index (κ2) is 10.2. The van der Waals surface area contributed by atoms with E-state index in [0.29, 0.717) is 11.3 Å². The maximum atomic E-state index is 12.8. The van der Waals surface area contributed by atoms with Gasteiger partial charge in [0.05, 0.1) is 34.6 Å². The first-order valence-electron chi connectivity index (χ1n) is 10.7. The lowest BCUT2D eigenvalue weighted by Crippen LogP contribution is -2.45. The highest BCUT2D eigenvalue weighted by Crippen LogP contribution is 2.34. The number of esters is 1. The van der Waals surface area contributed by atoms with Crippen molar-refractivity contribution in [2.45, 2.75) is 42.6 Å². The molecule has 1 aliphatic carbocycles. The predicted molar refractivity (Wildman–Crippen MR) is 136 cm³/mol. The quantitative estimate of drug-likeness (QED) is 0.441. The van der Waals surface area contributed by atoms with Crippen LogP contribution in [0.15, 0.2) is 53.0 Å². The first-order valence-corrected chi connectivity index (χ1v) is 12.6. The third-order valence-electron chi connectivity index (χ3n) is 5.62. The Balaban J connectivity index is 1.96. The van der Waals surface area contributed by atoms with Crippen LogP contribution in [-0.4, -0.2) is 55.5 Å². The number of carbonyl (C=O) groups excluding carboxylic acids is 1. The van der Waals surface area contributed by atoms with Gasteiger partial charge in [0.25, 0.3) is 0 Å². The van der Waals surface area contributed by atoms with Crippen molar-refractivity contribution in [3.05, 3.63) is 53.1 Å². The number of methoxy groups -OCH3 is 2. The Bertz CT molecular complexity index is 1300. The molecule has 1 aliphatic rings. The van der Waals surface area contributed by atoms with Gasteiger partial charge in [0, 0.05) is 7.11 Å². The van der Waals surface area contributed by atoms with E-state index in [0.717, 1.165) is 0 Å². The maximum absolute atomic E-state index is 12.8. The van der Waals surface area contributed by atoms with Crippen molar-refractivity contribution in [3.63, 3.8) is 0 Å². The summed E-state index contributed by atoms with van der Waals surface area (Å²) in [6.45, 7) is 4.99. The van der Waals surface area contributed by atoms with Crippen molar-refractivity contribution in [1.82, 2.24) is 9.97 Å². The van der Waals surface area contributed by atoms with Gasteiger partial charge in [-0.2, -0.15) is 9.97 Å². The summed E-state index contributed by atoms with van der Waals surface area (Å²) in [4.78, 5) is 20.7. The van der Waals surface area contributed by atoms with Crippen LogP contribution in [-0.2, 0) is 24.1 Å². The minimum absolute atomic E-state index is 0.0134. The van der Waals surface area contributed by atoms with Crippen LogP contribution in [0.25, 0.3) is 0 Å². The number of benzene rings is 1. The number of nitrogens with one attached hydrogen (secondary N) is 2. The van der Waals surface area contributed by atoms with Gasteiger partial charge in [0.1, 0.15) is 16.4 Å². The van der Waals surface area contributed by atoms with E-state index in [1.54, 1.807) is 57.2 Å².